The molecule has 0 aliphatic heterocycles. The molecule has 0 saturated heterocycles. The fourth-order valence-electron chi connectivity index (χ4n) is 5.79. The number of Topliss-reactive ketones (excluding diaryl/α,β-unsaturated/α-hetero) is 1. The molecule has 0 bridgehead atoms. The fraction of sp³-hybridized carbons (Fsp3) is 0.933. The van der Waals surface area contributed by atoms with Crippen LogP contribution in [0.5, 0.6) is 0 Å². The highest BCUT2D eigenvalue weighted by molar-refractivity contribution is 9.10. The number of ketones is 1. The number of carbonyl (C=O) groups is 1. The summed E-state index contributed by atoms with van der Waals surface area (Å²) in [6, 6.07) is 0. The van der Waals surface area contributed by atoms with Crippen molar-refractivity contribution in [1.82, 2.24) is 0 Å². The maximum absolute atomic E-state index is 12.6. The first kappa shape index (κ1) is 13.6. The van der Waals surface area contributed by atoms with Gasteiger partial charge in [0.15, 0.2) is 0 Å². The fourth-order valence-corrected chi connectivity index (χ4v) is 8.08. The number of alkyl halides is 2. The Morgan fingerprint density at radius 3 is 2.22 bits per heavy atom. The van der Waals surface area contributed by atoms with Crippen molar-refractivity contribution >= 4 is 37.6 Å². The van der Waals surface area contributed by atoms with Crippen molar-refractivity contribution in [3.05, 3.63) is 0 Å². The number of rotatable bonds is 0. The predicted octanol–water partition coefficient (Wildman–Crippen LogP) is 4.56. The van der Waals surface area contributed by atoms with Crippen molar-refractivity contribution < 1.29 is 4.79 Å². The lowest BCUT2D eigenvalue weighted by molar-refractivity contribution is -0.189. The number of hydrogen-bond acceptors (Lipinski definition) is 1. The lowest BCUT2D eigenvalue weighted by Gasteiger charge is -2.67. The van der Waals surface area contributed by atoms with Crippen molar-refractivity contribution in [3.63, 3.8) is 0 Å². The quantitative estimate of drug-likeness (QED) is 0.565. The summed E-state index contributed by atoms with van der Waals surface area (Å²) >= 11 is 7.61. The summed E-state index contributed by atoms with van der Waals surface area (Å²) in [5, 5.41) is 0. The van der Waals surface area contributed by atoms with Gasteiger partial charge in [0.1, 0.15) is 5.78 Å². The molecule has 0 aromatic heterocycles. The van der Waals surface area contributed by atoms with Gasteiger partial charge in [-0.05, 0) is 41.4 Å². The van der Waals surface area contributed by atoms with E-state index in [1.807, 2.05) is 0 Å². The van der Waals surface area contributed by atoms with E-state index in [1.165, 1.54) is 19.3 Å². The highest BCUT2D eigenvalue weighted by atomic mass is 79.9. The Morgan fingerprint density at radius 2 is 1.72 bits per heavy atom. The third-order valence-electron chi connectivity index (χ3n) is 7.25. The molecule has 18 heavy (non-hydrogen) atoms. The van der Waals surface area contributed by atoms with Crippen molar-refractivity contribution in [2.45, 2.75) is 56.6 Å². The molecule has 3 heteroatoms. The van der Waals surface area contributed by atoms with Crippen LogP contribution in [0.4, 0.5) is 0 Å². The maximum atomic E-state index is 12.6. The summed E-state index contributed by atoms with van der Waals surface area (Å²) in [4.78, 5) is 13.2. The van der Waals surface area contributed by atoms with Gasteiger partial charge in [0.25, 0.3) is 0 Å². The third kappa shape index (κ3) is 1.11. The molecule has 3 fully saturated rings. The Kier molecular flexibility index (Phi) is 2.75. The number of hydrogen-bond donors (Lipinski definition) is 0. The summed E-state index contributed by atoms with van der Waals surface area (Å²) < 4.78 is 0. The second kappa shape index (κ2) is 3.63. The Bertz CT molecular complexity index is 423. The molecule has 3 aliphatic rings. The van der Waals surface area contributed by atoms with Gasteiger partial charge in [-0.2, -0.15) is 0 Å². The van der Waals surface area contributed by atoms with Crippen molar-refractivity contribution in [2.24, 2.45) is 28.1 Å². The van der Waals surface area contributed by atoms with E-state index in [0.29, 0.717) is 21.9 Å². The van der Waals surface area contributed by atoms with Gasteiger partial charge in [0.2, 0.25) is 0 Å². The molecule has 1 spiro atoms. The van der Waals surface area contributed by atoms with Crippen LogP contribution in [0, 0.1) is 28.1 Å². The van der Waals surface area contributed by atoms with E-state index in [2.05, 4.69) is 59.6 Å². The van der Waals surface area contributed by atoms with E-state index in [4.69, 9.17) is 0 Å². The highest BCUT2D eigenvalue weighted by Crippen LogP contribution is 2.81. The minimum atomic E-state index is 0.0470. The summed E-state index contributed by atoms with van der Waals surface area (Å²) in [6.45, 7) is 9.30. The molecular weight excluding hydrogens is 356 g/mol. The Morgan fingerprint density at radius 1 is 1.11 bits per heavy atom. The van der Waals surface area contributed by atoms with Crippen LogP contribution >= 0.6 is 31.9 Å². The standard InChI is InChI=1S/C15H22Br2O/c1-8-11(17)12(18)9(2)15-6-5-13(15,3)10(16)7-14(8,15)4/h8-11H,5-7H2,1-4H3/t8-,9+,10-,11-,13-,14+,15?/m0/s1. The molecular formula is C15H22Br2O. The summed E-state index contributed by atoms with van der Waals surface area (Å²) in [6.07, 6.45) is 3.72. The molecule has 1 unspecified atom stereocenters. The minimum Gasteiger partial charge on any atom is -0.298 e. The zero-order valence-electron chi connectivity index (χ0n) is 11.6. The molecule has 0 N–H and O–H groups in total. The third-order valence-corrected chi connectivity index (χ3v) is 9.83. The van der Waals surface area contributed by atoms with Crippen molar-refractivity contribution in [1.29, 1.82) is 0 Å². The van der Waals surface area contributed by atoms with Gasteiger partial charge in [0, 0.05) is 10.7 Å². The molecule has 3 aliphatic carbocycles. The van der Waals surface area contributed by atoms with E-state index in [9.17, 15) is 4.79 Å². The van der Waals surface area contributed by atoms with Gasteiger partial charge < -0.3 is 0 Å². The molecule has 0 heterocycles. The van der Waals surface area contributed by atoms with Gasteiger partial charge in [-0.3, -0.25) is 4.79 Å². The lowest BCUT2D eigenvalue weighted by atomic mass is 9.37. The van der Waals surface area contributed by atoms with E-state index in [-0.39, 0.29) is 21.6 Å². The van der Waals surface area contributed by atoms with Gasteiger partial charge >= 0.3 is 0 Å². The largest absolute Gasteiger partial charge is 0.298 e. The molecule has 1 nitrogen and oxygen atoms in total. The first-order valence-electron chi connectivity index (χ1n) is 7.04. The van der Waals surface area contributed by atoms with Gasteiger partial charge in [-0.15, -0.1) is 0 Å². The average molecular weight is 378 g/mol. The Balaban J connectivity index is 2.18. The van der Waals surface area contributed by atoms with Gasteiger partial charge in [0.05, 0.1) is 4.83 Å². The molecule has 0 radical (unpaired) electrons. The normalized spacial score (nSPS) is 63.1. The minimum absolute atomic E-state index is 0.0470. The first-order chi connectivity index (χ1) is 8.22. The van der Waals surface area contributed by atoms with Crippen LogP contribution in [0.1, 0.15) is 47.0 Å². The predicted molar refractivity (Wildman–Crippen MR) is 81.3 cm³/mol. The second-order valence-corrected chi connectivity index (χ2v) is 9.38. The summed E-state index contributed by atoms with van der Waals surface area (Å²) in [5.74, 6) is 1.07. The van der Waals surface area contributed by atoms with Crippen LogP contribution in [0.15, 0.2) is 0 Å². The van der Waals surface area contributed by atoms with Crippen LogP contribution in [0.2, 0.25) is 0 Å². The lowest BCUT2D eigenvalue weighted by Crippen LogP contribution is -2.66. The van der Waals surface area contributed by atoms with E-state index in [0.717, 1.165) is 0 Å². The van der Waals surface area contributed by atoms with Gasteiger partial charge in [-0.1, -0.05) is 59.6 Å². The van der Waals surface area contributed by atoms with Crippen LogP contribution in [0.25, 0.3) is 0 Å². The molecule has 0 aromatic rings. The number of halogens is 2. The molecule has 102 valence electrons. The zero-order valence-corrected chi connectivity index (χ0v) is 14.8. The van der Waals surface area contributed by atoms with Crippen LogP contribution in [0.3, 0.4) is 0 Å². The van der Waals surface area contributed by atoms with Crippen LogP contribution in [-0.2, 0) is 4.79 Å². The molecule has 0 aromatic carbocycles. The van der Waals surface area contributed by atoms with Crippen molar-refractivity contribution in [3.8, 4) is 0 Å². The summed E-state index contributed by atoms with van der Waals surface area (Å²) in [7, 11) is 0. The highest BCUT2D eigenvalue weighted by Gasteiger charge is 2.77. The topological polar surface area (TPSA) is 17.1 Å². The second-order valence-electron chi connectivity index (χ2n) is 7.29. The SMILES string of the molecule is C[C@@H]1C(=O)[C@@H](Br)[C@H](C)[C@@]2(C)C[C@H](Br)[C@]3(C)CCC132. The van der Waals surface area contributed by atoms with E-state index in [1.54, 1.807) is 0 Å². The molecule has 3 saturated carbocycles. The molecule has 3 rings (SSSR count). The molecule has 0 amide bonds. The van der Waals surface area contributed by atoms with Crippen LogP contribution < -0.4 is 0 Å². The smallest absolute Gasteiger partial charge is 0.150 e. The van der Waals surface area contributed by atoms with E-state index >= 15 is 0 Å². The maximum Gasteiger partial charge on any atom is 0.150 e. The summed E-state index contributed by atoms with van der Waals surface area (Å²) in [5.41, 5.74) is 0.836. The average Bonchev–Trinajstić information content (AvgIpc) is 2.42. The Labute approximate surface area is 127 Å². The van der Waals surface area contributed by atoms with Crippen molar-refractivity contribution in [2.75, 3.05) is 0 Å². The van der Waals surface area contributed by atoms with E-state index < -0.39 is 0 Å². The molecule has 7 atom stereocenters. The first-order valence-corrected chi connectivity index (χ1v) is 8.87. The number of carbonyl (C=O) groups excluding carboxylic acids is 1. The monoisotopic (exact) mass is 376 g/mol. The van der Waals surface area contributed by atoms with Gasteiger partial charge in [-0.25, -0.2) is 0 Å². The Hall–Kier alpha value is 0.630. The van der Waals surface area contributed by atoms with Crippen LogP contribution in [-0.4, -0.2) is 15.4 Å². The zero-order chi connectivity index (χ0) is 13.5.